The number of nitrogens with one attached hydrogen (secondary N) is 2. The van der Waals surface area contributed by atoms with Crippen LogP contribution in [0, 0.1) is 5.92 Å². The molecule has 6 heteroatoms. The molecular weight excluding hydrogens is 364 g/mol. The zero-order chi connectivity index (χ0) is 18.4. The third-order valence-corrected chi connectivity index (χ3v) is 4.50. The number of carbonyl (C=O) groups excluding carboxylic acids is 1. The van der Waals surface area contributed by atoms with E-state index in [2.05, 4.69) is 17.6 Å². The number of hydrogen-bond acceptors (Lipinski definition) is 4. The lowest BCUT2D eigenvalue weighted by Crippen LogP contribution is -2.40. The van der Waals surface area contributed by atoms with Crippen molar-refractivity contribution in [1.29, 1.82) is 0 Å². The van der Waals surface area contributed by atoms with Gasteiger partial charge in [-0.05, 0) is 69.6 Å². The molecule has 1 fully saturated rings. The number of halogens is 1. The summed E-state index contributed by atoms with van der Waals surface area (Å²) in [7, 11) is 0. The normalized spacial score (nSPS) is 18.9. The van der Waals surface area contributed by atoms with Crippen molar-refractivity contribution in [2.45, 2.75) is 32.7 Å². The standard InChI is InChI=1S/C21H26N2O3.ClH/c1-3-25-17-8-10-18(11-9-17)26-20-7-5-4-6-19(20)23-21(24)16-12-13-22-15(2)14-16;/h4-11,15-16,22H,3,12-14H2,1-2H3,(H,23,24);1H/t15-,16-;/m0./s1. The molecule has 3 rings (SSSR count). The highest BCUT2D eigenvalue weighted by atomic mass is 35.5. The van der Waals surface area contributed by atoms with Gasteiger partial charge in [-0.2, -0.15) is 0 Å². The van der Waals surface area contributed by atoms with E-state index in [9.17, 15) is 4.79 Å². The fraction of sp³-hybridized carbons (Fsp3) is 0.381. The smallest absolute Gasteiger partial charge is 0.227 e. The van der Waals surface area contributed by atoms with Gasteiger partial charge in [0.05, 0.1) is 12.3 Å². The molecule has 2 atom stereocenters. The molecule has 1 aliphatic rings. The highest BCUT2D eigenvalue weighted by molar-refractivity contribution is 5.94. The van der Waals surface area contributed by atoms with Crippen molar-refractivity contribution in [3.63, 3.8) is 0 Å². The maximum Gasteiger partial charge on any atom is 0.227 e. The molecule has 0 radical (unpaired) electrons. The maximum atomic E-state index is 12.6. The Morgan fingerprint density at radius 1 is 1.15 bits per heavy atom. The number of piperidine rings is 1. The summed E-state index contributed by atoms with van der Waals surface area (Å²) in [5, 5.41) is 6.41. The van der Waals surface area contributed by atoms with E-state index in [-0.39, 0.29) is 24.2 Å². The van der Waals surface area contributed by atoms with Crippen molar-refractivity contribution in [3.8, 4) is 17.2 Å². The fourth-order valence-corrected chi connectivity index (χ4v) is 3.16. The molecule has 0 spiro atoms. The van der Waals surface area contributed by atoms with Crippen molar-refractivity contribution in [2.24, 2.45) is 5.92 Å². The number of benzene rings is 2. The van der Waals surface area contributed by atoms with Crippen LogP contribution in [0.1, 0.15) is 26.7 Å². The first-order chi connectivity index (χ1) is 12.7. The first kappa shape index (κ1) is 21.1. The summed E-state index contributed by atoms with van der Waals surface area (Å²) >= 11 is 0. The van der Waals surface area contributed by atoms with E-state index in [4.69, 9.17) is 9.47 Å². The molecule has 0 saturated carbocycles. The van der Waals surface area contributed by atoms with Gasteiger partial charge in [-0.25, -0.2) is 0 Å². The van der Waals surface area contributed by atoms with E-state index in [0.29, 0.717) is 29.8 Å². The third kappa shape index (κ3) is 5.88. The zero-order valence-corrected chi connectivity index (χ0v) is 16.6. The number of amides is 1. The first-order valence-corrected chi connectivity index (χ1v) is 9.19. The molecule has 146 valence electrons. The molecule has 1 amide bonds. The number of rotatable bonds is 6. The van der Waals surface area contributed by atoms with E-state index in [1.54, 1.807) is 0 Å². The van der Waals surface area contributed by atoms with E-state index >= 15 is 0 Å². The van der Waals surface area contributed by atoms with Crippen molar-refractivity contribution in [1.82, 2.24) is 5.32 Å². The Morgan fingerprint density at radius 2 is 1.85 bits per heavy atom. The summed E-state index contributed by atoms with van der Waals surface area (Å²) in [5.74, 6) is 2.23. The second kappa shape index (κ2) is 10.2. The average Bonchev–Trinajstić information content (AvgIpc) is 2.65. The van der Waals surface area contributed by atoms with Crippen LogP contribution < -0.4 is 20.1 Å². The van der Waals surface area contributed by atoms with Gasteiger partial charge in [0.2, 0.25) is 5.91 Å². The summed E-state index contributed by atoms with van der Waals surface area (Å²) in [5.41, 5.74) is 0.692. The minimum absolute atomic E-state index is 0. The van der Waals surface area contributed by atoms with Gasteiger partial charge in [-0.1, -0.05) is 12.1 Å². The molecule has 0 aliphatic carbocycles. The second-order valence-corrected chi connectivity index (χ2v) is 6.57. The van der Waals surface area contributed by atoms with Crippen LogP contribution >= 0.6 is 12.4 Å². The maximum absolute atomic E-state index is 12.6. The Hall–Kier alpha value is -2.24. The minimum Gasteiger partial charge on any atom is -0.494 e. The van der Waals surface area contributed by atoms with Crippen molar-refractivity contribution >= 4 is 24.0 Å². The topological polar surface area (TPSA) is 59.6 Å². The molecule has 0 aromatic heterocycles. The highest BCUT2D eigenvalue weighted by Crippen LogP contribution is 2.31. The third-order valence-electron chi connectivity index (χ3n) is 4.50. The number of anilines is 1. The summed E-state index contributed by atoms with van der Waals surface area (Å²) in [6.45, 7) is 5.57. The Bertz CT molecular complexity index is 736. The summed E-state index contributed by atoms with van der Waals surface area (Å²) in [6, 6.07) is 15.3. The van der Waals surface area contributed by atoms with Crippen LogP contribution in [-0.2, 0) is 4.79 Å². The highest BCUT2D eigenvalue weighted by Gasteiger charge is 2.25. The summed E-state index contributed by atoms with van der Waals surface area (Å²) < 4.78 is 11.4. The van der Waals surface area contributed by atoms with Crippen molar-refractivity contribution < 1.29 is 14.3 Å². The fourth-order valence-electron chi connectivity index (χ4n) is 3.16. The van der Waals surface area contributed by atoms with Crippen molar-refractivity contribution in [2.75, 3.05) is 18.5 Å². The minimum atomic E-state index is 0. The van der Waals surface area contributed by atoms with Crippen LogP contribution in [0.15, 0.2) is 48.5 Å². The van der Waals surface area contributed by atoms with Gasteiger partial charge in [0.25, 0.3) is 0 Å². The lowest BCUT2D eigenvalue weighted by Gasteiger charge is -2.27. The van der Waals surface area contributed by atoms with Gasteiger partial charge >= 0.3 is 0 Å². The average molecular weight is 391 g/mol. The monoisotopic (exact) mass is 390 g/mol. The molecule has 2 aromatic carbocycles. The van der Waals surface area contributed by atoms with E-state index in [0.717, 1.165) is 25.1 Å². The lowest BCUT2D eigenvalue weighted by molar-refractivity contribution is -0.120. The molecular formula is C21H27ClN2O3. The molecule has 0 unspecified atom stereocenters. The van der Waals surface area contributed by atoms with E-state index < -0.39 is 0 Å². The summed E-state index contributed by atoms with van der Waals surface area (Å²) in [6.07, 6.45) is 1.71. The van der Waals surface area contributed by atoms with Crippen LogP contribution in [0.4, 0.5) is 5.69 Å². The largest absolute Gasteiger partial charge is 0.494 e. The Morgan fingerprint density at radius 3 is 2.56 bits per heavy atom. The summed E-state index contributed by atoms with van der Waals surface area (Å²) in [4.78, 5) is 12.6. The van der Waals surface area contributed by atoms with Gasteiger partial charge in [-0.3, -0.25) is 4.79 Å². The van der Waals surface area contributed by atoms with Crippen LogP contribution in [0.2, 0.25) is 0 Å². The number of carbonyl (C=O) groups is 1. The van der Waals surface area contributed by atoms with Gasteiger partial charge in [0, 0.05) is 12.0 Å². The quantitative estimate of drug-likeness (QED) is 0.755. The number of ether oxygens (including phenoxy) is 2. The molecule has 27 heavy (non-hydrogen) atoms. The molecule has 2 aromatic rings. The Labute approximate surface area is 166 Å². The zero-order valence-electron chi connectivity index (χ0n) is 15.7. The first-order valence-electron chi connectivity index (χ1n) is 9.19. The molecule has 1 saturated heterocycles. The predicted molar refractivity (Wildman–Crippen MR) is 110 cm³/mol. The lowest BCUT2D eigenvalue weighted by atomic mass is 9.92. The van der Waals surface area contributed by atoms with Gasteiger partial charge in [0.1, 0.15) is 11.5 Å². The Balaban J connectivity index is 0.00000261. The molecule has 1 heterocycles. The second-order valence-electron chi connectivity index (χ2n) is 6.57. The molecule has 1 aliphatic heterocycles. The van der Waals surface area contributed by atoms with Crippen molar-refractivity contribution in [3.05, 3.63) is 48.5 Å². The van der Waals surface area contributed by atoms with Crippen LogP contribution in [0.25, 0.3) is 0 Å². The van der Waals surface area contributed by atoms with Gasteiger partial charge in [-0.15, -0.1) is 12.4 Å². The van der Waals surface area contributed by atoms with Gasteiger partial charge < -0.3 is 20.1 Å². The Kier molecular flexibility index (Phi) is 7.95. The number of hydrogen-bond donors (Lipinski definition) is 2. The van der Waals surface area contributed by atoms with E-state index in [1.165, 1.54) is 0 Å². The number of para-hydroxylation sites is 2. The van der Waals surface area contributed by atoms with Gasteiger partial charge in [0.15, 0.2) is 5.75 Å². The molecule has 5 nitrogen and oxygen atoms in total. The van der Waals surface area contributed by atoms with Crippen LogP contribution in [0.5, 0.6) is 17.2 Å². The predicted octanol–water partition coefficient (Wildman–Crippen LogP) is 4.63. The van der Waals surface area contributed by atoms with Crippen LogP contribution in [0.3, 0.4) is 0 Å². The molecule has 0 bridgehead atoms. The SMILES string of the molecule is CCOc1ccc(Oc2ccccc2NC(=O)[C@H]2CCN[C@@H](C)C2)cc1.Cl. The van der Waals surface area contributed by atoms with E-state index in [1.807, 2.05) is 55.5 Å². The molecule has 2 N–H and O–H groups in total. The van der Waals surface area contributed by atoms with Crippen LogP contribution in [-0.4, -0.2) is 25.1 Å².